The molecule has 0 radical (unpaired) electrons. The Morgan fingerprint density at radius 2 is 2.09 bits per heavy atom. The number of hydrogen-bond acceptors (Lipinski definition) is 3. The van der Waals surface area contributed by atoms with Gasteiger partial charge in [0.1, 0.15) is 6.29 Å². The molecule has 0 saturated carbocycles. The van der Waals surface area contributed by atoms with E-state index in [9.17, 15) is 4.79 Å². The molecule has 0 aliphatic carbocycles. The average molecular weight is 157 g/mol. The number of carbonyl (C=O) groups is 1. The van der Waals surface area contributed by atoms with Crippen LogP contribution in [0, 0.1) is 5.41 Å². The Morgan fingerprint density at radius 1 is 1.45 bits per heavy atom. The maximum Gasteiger partial charge on any atom is 0.120 e. The van der Waals surface area contributed by atoms with Crippen LogP contribution in [-0.4, -0.2) is 26.0 Å². The number of carbonyl (C=O) groups excluding carboxylic acids is 1. The van der Waals surface area contributed by atoms with E-state index < -0.39 is 0 Å². The van der Waals surface area contributed by atoms with Crippen molar-refractivity contribution in [1.82, 2.24) is 0 Å². The van der Waals surface area contributed by atoms with Crippen molar-refractivity contribution in [3.63, 3.8) is 0 Å². The largest absolute Gasteiger partial charge is 0.381 e. The van der Waals surface area contributed by atoms with Crippen LogP contribution in [0.4, 0.5) is 0 Å². The number of nitrogens with two attached hydrogens (primary N) is 1. The summed E-state index contributed by atoms with van der Waals surface area (Å²) >= 11 is 0. The standard InChI is InChI=1S/C8H15NO2/c9-7-8(1-4-10)2-5-11-6-3-8/h4H,1-3,5-7,9H2. The van der Waals surface area contributed by atoms with Crippen molar-refractivity contribution in [2.75, 3.05) is 19.8 Å². The maximum atomic E-state index is 10.3. The Morgan fingerprint density at radius 3 is 2.55 bits per heavy atom. The van der Waals surface area contributed by atoms with E-state index in [1.807, 2.05) is 0 Å². The van der Waals surface area contributed by atoms with E-state index in [0.29, 0.717) is 13.0 Å². The van der Waals surface area contributed by atoms with E-state index in [1.165, 1.54) is 0 Å². The fraction of sp³-hybridized carbons (Fsp3) is 0.875. The van der Waals surface area contributed by atoms with Crippen LogP contribution < -0.4 is 5.73 Å². The average Bonchev–Trinajstić information content (AvgIpc) is 2.07. The third-order valence-corrected chi connectivity index (χ3v) is 2.50. The van der Waals surface area contributed by atoms with Gasteiger partial charge in [0.05, 0.1) is 0 Å². The Balaban J connectivity index is 2.49. The van der Waals surface area contributed by atoms with E-state index in [1.54, 1.807) is 0 Å². The molecular weight excluding hydrogens is 142 g/mol. The lowest BCUT2D eigenvalue weighted by Crippen LogP contribution is -2.36. The Labute approximate surface area is 66.9 Å². The van der Waals surface area contributed by atoms with E-state index in [0.717, 1.165) is 32.3 Å². The highest BCUT2D eigenvalue weighted by Crippen LogP contribution is 2.31. The first-order valence-electron chi connectivity index (χ1n) is 4.04. The highest BCUT2D eigenvalue weighted by molar-refractivity contribution is 5.50. The number of rotatable bonds is 3. The summed E-state index contributed by atoms with van der Waals surface area (Å²) in [4.78, 5) is 10.3. The molecule has 3 heteroatoms. The van der Waals surface area contributed by atoms with Crippen LogP contribution in [0.2, 0.25) is 0 Å². The smallest absolute Gasteiger partial charge is 0.120 e. The minimum Gasteiger partial charge on any atom is -0.381 e. The molecule has 0 amide bonds. The lowest BCUT2D eigenvalue weighted by Gasteiger charge is -2.34. The van der Waals surface area contributed by atoms with Crippen molar-refractivity contribution in [3.8, 4) is 0 Å². The molecule has 1 rings (SSSR count). The normalized spacial score (nSPS) is 23.0. The third-order valence-electron chi connectivity index (χ3n) is 2.50. The molecular formula is C8H15NO2. The summed E-state index contributed by atoms with van der Waals surface area (Å²) in [6.45, 7) is 2.12. The van der Waals surface area contributed by atoms with Crippen molar-refractivity contribution in [2.24, 2.45) is 11.1 Å². The second kappa shape index (κ2) is 3.83. The van der Waals surface area contributed by atoms with Gasteiger partial charge in [-0.1, -0.05) is 0 Å². The first kappa shape index (κ1) is 8.68. The van der Waals surface area contributed by atoms with E-state index >= 15 is 0 Å². The molecule has 0 unspecified atom stereocenters. The molecule has 0 bridgehead atoms. The molecule has 1 aliphatic rings. The molecule has 0 atom stereocenters. The van der Waals surface area contributed by atoms with Gasteiger partial charge >= 0.3 is 0 Å². The van der Waals surface area contributed by atoms with Crippen LogP contribution in [0.3, 0.4) is 0 Å². The van der Waals surface area contributed by atoms with Crippen LogP contribution >= 0.6 is 0 Å². The first-order valence-corrected chi connectivity index (χ1v) is 4.04. The quantitative estimate of drug-likeness (QED) is 0.601. The van der Waals surface area contributed by atoms with Gasteiger partial charge in [0.2, 0.25) is 0 Å². The van der Waals surface area contributed by atoms with Crippen LogP contribution in [-0.2, 0) is 9.53 Å². The van der Waals surface area contributed by atoms with Crippen molar-refractivity contribution < 1.29 is 9.53 Å². The first-order chi connectivity index (χ1) is 5.33. The molecule has 1 heterocycles. The van der Waals surface area contributed by atoms with E-state index in [4.69, 9.17) is 10.5 Å². The van der Waals surface area contributed by atoms with Crippen molar-refractivity contribution in [1.29, 1.82) is 0 Å². The van der Waals surface area contributed by atoms with Crippen LogP contribution in [0.15, 0.2) is 0 Å². The predicted molar refractivity (Wildman–Crippen MR) is 42.2 cm³/mol. The van der Waals surface area contributed by atoms with Gasteiger partial charge < -0.3 is 15.3 Å². The van der Waals surface area contributed by atoms with Gasteiger partial charge in [-0.05, 0) is 24.8 Å². The van der Waals surface area contributed by atoms with Crippen LogP contribution in [0.1, 0.15) is 19.3 Å². The Hall–Kier alpha value is -0.410. The molecule has 3 nitrogen and oxygen atoms in total. The van der Waals surface area contributed by atoms with Gasteiger partial charge in [-0.3, -0.25) is 0 Å². The number of ether oxygens (including phenoxy) is 1. The fourth-order valence-electron chi connectivity index (χ4n) is 1.47. The van der Waals surface area contributed by atoms with Gasteiger partial charge in [0.25, 0.3) is 0 Å². The highest BCUT2D eigenvalue weighted by atomic mass is 16.5. The Kier molecular flexibility index (Phi) is 3.02. The third kappa shape index (κ3) is 2.01. The van der Waals surface area contributed by atoms with Gasteiger partial charge in [0.15, 0.2) is 0 Å². The SMILES string of the molecule is NCC1(CC=O)CCOCC1. The summed E-state index contributed by atoms with van der Waals surface area (Å²) < 4.78 is 5.20. The zero-order valence-corrected chi connectivity index (χ0v) is 6.71. The van der Waals surface area contributed by atoms with Gasteiger partial charge in [0, 0.05) is 19.6 Å². The summed E-state index contributed by atoms with van der Waals surface area (Å²) in [5.74, 6) is 0. The molecule has 1 aliphatic heterocycles. The zero-order chi connectivity index (χ0) is 8.16. The minimum atomic E-state index is 0.0556. The molecule has 0 aromatic heterocycles. The maximum absolute atomic E-state index is 10.3. The minimum absolute atomic E-state index is 0.0556. The second-order valence-corrected chi connectivity index (χ2v) is 3.19. The molecule has 64 valence electrons. The topological polar surface area (TPSA) is 52.3 Å². The highest BCUT2D eigenvalue weighted by Gasteiger charge is 2.30. The molecule has 1 fully saturated rings. The van der Waals surface area contributed by atoms with Crippen LogP contribution in [0.5, 0.6) is 0 Å². The van der Waals surface area contributed by atoms with Crippen molar-refractivity contribution in [2.45, 2.75) is 19.3 Å². The lowest BCUT2D eigenvalue weighted by molar-refractivity contribution is -0.111. The van der Waals surface area contributed by atoms with E-state index in [-0.39, 0.29) is 5.41 Å². The lowest BCUT2D eigenvalue weighted by atomic mass is 9.78. The summed E-state index contributed by atoms with van der Waals surface area (Å²) in [6, 6.07) is 0. The summed E-state index contributed by atoms with van der Waals surface area (Å²) in [5, 5.41) is 0. The molecule has 11 heavy (non-hydrogen) atoms. The predicted octanol–water partition coefficient (Wildman–Crippen LogP) is 0.331. The van der Waals surface area contributed by atoms with Crippen LogP contribution in [0.25, 0.3) is 0 Å². The zero-order valence-electron chi connectivity index (χ0n) is 6.71. The second-order valence-electron chi connectivity index (χ2n) is 3.19. The summed E-state index contributed by atoms with van der Waals surface area (Å²) in [5.41, 5.74) is 5.67. The monoisotopic (exact) mass is 157 g/mol. The Bertz CT molecular complexity index is 130. The molecule has 0 aromatic rings. The molecule has 2 N–H and O–H groups in total. The number of hydrogen-bond donors (Lipinski definition) is 1. The van der Waals surface area contributed by atoms with Gasteiger partial charge in [-0.25, -0.2) is 0 Å². The van der Waals surface area contributed by atoms with Crippen molar-refractivity contribution >= 4 is 6.29 Å². The number of aldehydes is 1. The molecule has 1 saturated heterocycles. The summed E-state index contributed by atoms with van der Waals surface area (Å²) in [7, 11) is 0. The van der Waals surface area contributed by atoms with Gasteiger partial charge in [-0.15, -0.1) is 0 Å². The summed E-state index contributed by atoms with van der Waals surface area (Å²) in [6.07, 6.45) is 3.43. The van der Waals surface area contributed by atoms with E-state index in [2.05, 4.69) is 0 Å². The fourth-order valence-corrected chi connectivity index (χ4v) is 1.47. The molecule has 0 spiro atoms. The van der Waals surface area contributed by atoms with Gasteiger partial charge in [-0.2, -0.15) is 0 Å². The van der Waals surface area contributed by atoms with Crippen molar-refractivity contribution in [3.05, 3.63) is 0 Å². The molecule has 0 aromatic carbocycles.